The van der Waals surface area contributed by atoms with Crippen molar-refractivity contribution in [1.29, 1.82) is 0 Å². The smallest absolute Gasteiger partial charge is 0.460 e. The Morgan fingerprint density at radius 2 is 2.04 bits per heavy atom. The van der Waals surface area contributed by atoms with Gasteiger partial charge < -0.3 is 4.74 Å². The highest BCUT2D eigenvalue weighted by Crippen LogP contribution is 2.63. The molecule has 8 nitrogen and oxygen atoms in total. The Hall–Kier alpha value is -0.850. The number of ether oxygens (including phenoxy) is 1. The summed E-state index contributed by atoms with van der Waals surface area (Å²) in [6, 6.07) is 0. The van der Waals surface area contributed by atoms with Gasteiger partial charge in [-0.05, 0) is 25.7 Å². The molecule has 1 N–H and O–H groups in total. The molecule has 132 valence electrons. The van der Waals surface area contributed by atoms with Crippen LogP contribution in [0.4, 0.5) is 8.78 Å². The highest BCUT2D eigenvalue weighted by molar-refractivity contribution is 7.88. The van der Waals surface area contributed by atoms with Crippen LogP contribution in [0.1, 0.15) is 19.8 Å². The van der Waals surface area contributed by atoms with E-state index in [1.54, 1.807) is 0 Å². The Balaban J connectivity index is 1.75. The van der Waals surface area contributed by atoms with Gasteiger partial charge in [-0.3, -0.25) is 8.74 Å². The Bertz CT molecular complexity index is 761. The summed E-state index contributed by atoms with van der Waals surface area (Å²) in [6.45, 7) is 0.914. The van der Waals surface area contributed by atoms with Crippen LogP contribution in [0.15, 0.2) is 0 Å². The number of fused-ring (bicyclic) bond motifs is 1. The molecule has 1 saturated heterocycles. The fraction of sp³-hybridized carbons (Fsp3) is 0.909. The van der Waals surface area contributed by atoms with Crippen LogP contribution in [-0.4, -0.2) is 50.1 Å². The van der Waals surface area contributed by atoms with Crippen LogP contribution in [0, 0.1) is 17.8 Å². The molecule has 5 atom stereocenters. The number of alkyl halides is 2. The molecule has 1 heterocycles. The molecule has 0 aromatic heterocycles. The van der Waals surface area contributed by atoms with Crippen LogP contribution < -0.4 is 0 Å². The highest BCUT2D eigenvalue weighted by atomic mass is 32.2. The Morgan fingerprint density at radius 3 is 2.61 bits per heavy atom. The third-order valence-electron chi connectivity index (χ3n) is 5.20. The minimum atomic E-state index is -5.94. The first-order valence-corrected chi connectivity index (χ1v) is 9.68. The van der Waals surface area contributed by atoms with Gasteiger partial charge in [0, 0.05) is 11.8 Å². The first kappa shape index (κ1) is 17.0. The predicted octanol–water partition coefficient (Wildman–Crippen LogP) is 0.153. The molecule has 2 aliphatic carbocycles. The minimum absolute atomic E-state index is 0.181. The van der Waals surface area contributed by atoms with Crippen LogP contribution >= 0.6 is 0 Å². The van der Waals surface area contributed by atoms with Crippen LogP contribution in [0.5, 0.6) is 0 Å². The molecule has 2 saturated carbocycles. The lowest BCUT2D eigenvalue weighted by Gasteiger charge is -2.33. The largest absolute Gasteiger partial charge is 0.465 e. The number of hydrogen-bond acceptors (Lipinski definition) is 7. The van der Waals surface area contributed by atoms with Crippen molar-refractivity contribution in [3.8, 4) is 0 Å². The summed E-state index contributed by atoms with van der Waals surface area (Å²) in [5.74, 6) is -3.52. The van der Waals surface area contributed by atoms with Crippen molar-refractivity contribution in [2.75, 3.05) is 6.61 Å². The summed E-state index contributed by atoms with van der Waals surface area (Å²) in [4.78, 5) is 11.2. The number of halogens is 2. The van der Waals surface area contributed by atoms with Gasteiger partial charge >= 0.3 is 21.3 Å². The Morgan fingerprint density at radius 1 is 1.43 bits per heavy atom. The van der Waals surface area contributed by atoms with E-state index in [1.807, 2.05) is 0 Å². The number of carbonyl (C=O) groups is 1. The minimum Gasteiger partial charge on any atom is -0.460 e. The van der Waals surface area contributed by atoms with Crippen molar-refractivity contribution in [2.45, 2.75) is 35.9 Å². The monoisotopic (exact) mass is 376 g/mol. The van der Waals surface area contributed by atoms with Gasteiger partial charge in [-0.15, -0.1) is 0 Å². The molecule has 0 radical (unpaired) electrons. The summed E-state index contributed by atoms with van der Waals surface area (Å²) in [6.07, 6.45) is 0.802. The molecule has 0 spiro atoms. The van der Waals surface area contributed by atoms with Gasteiger partial charge in [-0.25, -0.2) is 4.79 Å². The van der Waals surface area contributed by atoms with Gasteiger partial charge in [0.25, 0.3) is 10.1 Å². The van der Waals surface area contributed by atoms with E-state index in [4.69, 9.17) is 8.74 Å². The average Bonchev–Trinajstić information content (AvgIpc) is 2.94. The van der Waals surface area contributed by atoms with Gasteiger partial charge in [0.2, 0.25) is 0 Å². The lowest BCUT2D eigenvalue weighted by atomic mass is 9.77. The molecule has 1 aliphatic heterocycles. The zero-order valence-corrected chi connectivity index (χ0v) is 13.4. The van der Waals surface area contributed by atoms with Gasteiger partial charge in [0.05, 0.1) is 17.5 Å². The highest BCUT2D eigenvalue weighted by Gasteiger charge is 2.70. The standard InChI is InChI=1S/C11H14F2O8S2/c1-10-6-2-5(3-8(6)22(15,16)21-10)7(10)4-20-9(14)11(12,13)23(17,18)19/h5-8H,2-4H2,1H3,(H,17,18,19). The van der Waals surface area contributed by atoms with Crippen LogP contribution in [0.3, 0.4) is 0 Å². The van der Waals surface area contributed by atoms with Crippen molar-refractivity contribution in [3.05, 3.63) is 0 Å². The maximum absolute atomic E-state index is 13.2. The van der Waals surface area contributed by atoms with Crippen molar-refractivity contribution < 1.29 is 43.9 Å². The summed E-state index contributed by atoms with van der Waals surface area (Å²) >= 11 is 0. The topological polar surface area (TPSA) is 124 Å². The first-order valence-electron chi connectivity index (χ1n) is 6.77. The Kier molecular flexibility index (Phi) is 3.41. The first-order chi connectivity index (χ1) is 10.3. The van der Waals surface area contributed by atoms with Crippen LogP contribution in [0.25, 0.3) is 0 Å². The quantitative estimate of drug-likeness (QED) is 0.418. The summed E-state index contributed by atoms with van der Waals surface area (Å²) < 4.78 is 88.9. The molecule has 23 heavy (non-hydrogen) atoms. The predicted molar refractivity (Wildman–Crippen MR) is 69.4 cm³/mol. The molecule has 0 amide bonds. The fourth-order valence-electron chi connectivity index (χ4n) is 4.12. The SMILES string of the molecule is CC12OS(=O)(=O)C3CC(CC31)C2COC(=O)C(F)(F)S(=O)(=O)O. The maximum Gasteiger partial charge on any atom is 0.465 e. The number of hydrogen-bond donors (Lipinski definition) is 1. The van der Waals surface area contributed by atoms with Gasteiger partial charge in [-0.2, -0.15) is 25.6 Å². The fourth-order valence-corrected chi connectivity index (χ4v) is 6.53. The molecule has 0 aromatic carbocycles. The lowest BCUT2D eigenvalue weighted by molar-refractivity contribution is -0.165. The van der Waals surface area contributed by atoms with Crippen molar-refractivity contribution >= 4 is 26.2 Å². The number of esters is 1. The number of rotatable bonds is 4. The van der Waals surface area contributed by atoms with Gasteiger partial charge in [0.1, 0.15) is 0 Å². The zero-order chi connectivity index (χ0) is 17.4. The van der Waals surface area contributed by atoms with Gasteiger partial charge in [0.15, 0.2) is 0 Å². The third-order valence-corrected chi connectivity index (χ3v) is 7.87. The molecule has 3 rings (SSSR count). The molecule has 3 aliphatic rings. The van der Waals surface area contributed by atoms with Crippen molar-refractivity contribution in [2.24, 2.45) is 17.8 Å². The maximum atomic E-state index is 13.2. The normalized spacial score (nSPS) is 41.2. The van der Waals surface area contributed by atoms with Crippen LogP contribution in [-0.2, 0) is 34.0 Å². The molecule has 5 unspecified atom stereocenters. The number of carbonyl (C=O) groups excluding carboxylic acids is 1. The van der Waals surface area contributed by atoms with Gasteiger partial charge in [-0.1, -0.05) is 0 Å². The summed E-state index contributed by atoms with van der Waals surface area (Å²) in [5.41, 5.74) is -1.15. The second-order valence-electron chi connectivity index (χ2n) is 6.33. The molecule has 0 aromatic rings. The molecule has 2 bridgehead atoms. The van der Waals surface area contributed by atoms with Crippen molar-refractivity contribution in [1.82, 2.24) is 0 Å². The second kappa shape index (κ2) is 4.61. The van der Waals surface area contributed by atoms with Crippen molar-refractivity contribution in [3.63, 3.8) is 0 Å². The Labute approximate surface area is 131 Å². The molecule has 12 heteroatoms. The molecule has 3 fully saturated rings. The average molecular weight is 376 g/mol. The van der Waals surface area contributed by atoms with E-state index in [9.17, 15) is 30.4 Å². The summed E-state index contributed by atoms with van der Waals surface area (Å²) in [7, 11) is -9.67. The lowest BCUT2D eigenvalue weighted by Crippen LogP contribution is -2.45. The zero-order valence-electron chi connectivity index (χ0n) is 11.8. The van der Waals surface area contributed by atoms with E-state index >= 15 is 0 Å². The van der Waals surface area contributed by atoms with E-state index < -0.39 is 54.8 Å². The van der Waals surface area contributed by atoms with E-state index in [2.05, 4.69) is 4.74 Å². The molecular formula is C11H14F2O8S2. The third kappa shape index (κ3) is 2.22. The second-order valence-corrected chi connectivity index (χ2v) is 9.55. The van der Waals surface area contributed by atoms with Crippen LogP contribution in [0.2, 0.25) is 0 Å². The van der Waals surface area contributed by atoms with E-state index in [1.165, 1.54) is 6.92 Å². The van der Waals surface area contributed by atoms with E-state index in [-0.39, 0.29) is 11.8 Å². The molecular weight excluding hydrogens is 362 g/mol. The van der Waals surface area contributed by atoms with E-state index in [0.29, 0.717) is 12.8 Å². The van der Waals surface area contributed by atoms with E-state index in [0.717, 1.165) is 0 Å². The summed E-state index contributed by atoms with van der Waals surface area (Å²) in [5, 5.41) is -5.71.